The Bertz CT molecular complexity index is 163. The second-order valence-electron chi connectivity index (χ2n) is 5.17. The zero-order chi connectivity index (χ0) is 11.8. The summed E-state index contributed by atoms with van der Waals surface area (Å²) in [6.45, 7) is 3.13. The molecular formula is C13H28N2O. The molecule has 0 aromatic carbocycles. The summed E-state index contributed by atoms with van der Waals surface area (Å²) in [5, 5.41) is 3.30. The molecule has 1 aliphatic rings. The molecular weight excluding hydrogens is 200 g/mol. The molecule has 0 radical (unpaired) electrons. The van der Waals surface area contributed by atoms with E-state index in [-0.39, 0.29) is 0 Å². The van der Waals surface area contributed by atoms with E-state index in [0.717, 1.165) is 19.1 Å². The first-order valence-corrected chi connectivity index (χ1v) is 6.61. The van der Waals surface area contributed by atoms with Crippen LogP contribution in [0.25, 0.3) is 0 Å². The van der Waals surface area contributed by atoms with E-state index in [9.17, 15) is 0 Å². The third-order valence-corrected chi connectivity index (χ3v) is 3.60. The molecule has 1 N–H and O–H groups in total. The van der Waals surface area contributed by atoms with E-state index in [2.05, 4.69) is 17.3 Å². The smallest absolute Gasteiger partial charge is 0.0628 e. The molecule has 3 heteroatoms. The molecule has 16 heavy (non-hydrogen) atoms. The Morgan fingerprint density at radius 3 is 2.56 bits per heavy atom. The van der Waals surface area contributed by atoms with Gasteiger partial charge in [0.1, 0.15) is 0 Å². The molecule has 0 aromatic heterocycles. The van der Waals surface area contributed by atoms with Gasteiger partial charge in [-0.3, -0.25) is 0 Å². The van der Waals surface area contributed by atoms with E-state index < -0.39 is 0 Å². The Hall–Kier alpha value is -0.120. The molecule has 3 nitrogen and oxygen atoms in total. The summed E-state index contributed by atoms with van der Waals surface area (Å²) in [7, 11) is 6.01. The second kappa shape index (κ2) is 8.04. The number of likely N-dealkylation sites (N-methyl/N-ethyl adjacent to an activating group) is 2. The summed E-state index contributed by atoms with van der Waals surface area (Å²) >= 11 is 0. The standard InChI is InChI=1S/C13H28N2O/c1-14-13(11-16-3)10-15(2)9-12-7-5-4-6-8-12/h12-14H,4-11H2,1-3H3. The number of hydrogen-bond acceptors (Lipinski definition) is 3. The lowest BCUT2D eigenvalue weighted by Gasteiger charge is -2.29. The van der Waals surface area contributed by atoms with Crippen LogP contribution in [0.2, 0.25) is 0 Å². The van der Waals surface area contributed by atoms with Crippen LogP contribution in [0.15, 0.2) is 0 Å². The number of nitrogens with one attached hydrogen (secondary N) is 1. The summed E-state index contributed by atoms with van der Waals surface area (Å²) < 4.78 is 5.20. The highest BCUT2D eigenvalue weighted by Crippen LogP contribution is 2.23. The molecule has 1 aliphatic carbocycles. The lowest BCUT2D eigenvalue weighted by Crippen LogP contribution is -2.42. The predicted octanol–water partition coefficient (Wildman–Crippen LogP) is 1.73. The highest BCUT2D eigenvalue weighted by Gasteiger charge is 2.17. The summed E-state index contributed by atoms with van der Waals surface area (Å²) in [4.78, 5) is 2.45. The van der Waals surface area contributed by atoms with Crippen molar-refractivity contribution in [2.24, 2.45) is 5.92 Å². The molecule has 1 fully saturated rings. The molecule has 0 bridgehead atoms. The van der Waals surface area contributed by atoms with Gasteiger partial charge in [0.05, 0.1) is 6.61 Å². The Balaban J connectivity index is 2.19. The van der Waals surface area contributed by atoms with Gasteiger partial charge in [0.15, 0.2) is 0 Å². The van der Waals surface area contributed by atoms with Gasteiger partial charge in [-0.25, -0.2) is 0 Å². The fourth-order valence-electron chi connectivity index (χ4n) is 2.69. The lowest BCUT2D eigenvalue weighted by molar-refractivity contribution is 0.140. The molecule has 0 spiro atoms. The van der Waals surface area contributed by atoms with E-state index in [4.69, 9.17) is 4.74 Å². The van der Waals surface area contributed by atoms with Crippen LogP contribution in [0.5, 0.6) is 0 Å². The van der Waals surface area contributed by atoms with Crippen molar-refractivity contribution >= 4 is 0 Å². The molecule has 0 aliphatic heterocycles. The summed E-state index contributed by atoms with van der Waals surface area (Å²) in [5.74, 6) is 0.929. The van der Waals surface area contributed by atoms with Crippen molar-refractivity contribution in [3.8, 4) is 0 Å². The number of rotatable bonds is 7. The van der Waals surface area contributed by atoms with Crippen molar-refractivity contribution in [3.05, 3.63) is 0 Å². The maximum atomic E-state index is 5.20. The molecule has 0 amide bonds. The minimum atomic E-state index is 0.457. The van der Waals surface area contributed by atoms with Crippen molar-refractivity contribution in [1.82, 2.24) is 10.2 Å². The van der Waals surface area contributed by atoms with Gasteiger partial charge in [-0.1, -0.05) is 19.3 Å². The third kappa shape index (κ3) is 5.28. The lowest BCUT2D eigenvalue weighted by atomic mass is 9.89. The molecule has 1 unspecified atom stereocenters. The first kappa shape index (κ1) is 13.9. The van der Waals surface area contributed by atoms with Gasteiger partial charge in [-0.2, -0.15) is 0 Å². The Labute approximate surface area is 101 Å². The zero-order valence-electron chi connectivity index (χ0n) is 11.2. The Morgan fingerprint density at radius 1 is 1.31 bits per heavy atom. The van der Waals surface area contributed by atoms with Crippen LogP contribution < -0.4 is 5.32 Å². The van der Waals surface area contributed by atoms with Crippen LogP contribution in [-0.4, -0.2) is 51.8 Å². The molecule has 96 valence electrons. The maximum Gasteiger partial charge on any atom is 0.0628 e. The van der Waals surface area contributed by atoms with Crippen molar-refractivity contribution in [2.45, 2.75) is 38.1 Å². The van der Waals surface area contributed by atoms with Crippen LogP contribution in [0.3, 0.4) is 0 Å². The summed E-state index contributed by atoms with van der Waals surface area (Å²) in [6, 6.07) is 0.457. The van der Waals surface area contributed by atoms with Crippen LogP contribution in [-0.2, 0) is 4.74 Å². The Kier molecular flexibility index (Phi) is 7.01. The van der Waals surface area contributed by atoms with E-state index in [0.29, 0.717) is 6.04 Å². The zero-order valence-corrected chi connectivity index (χ0v) is 11.2. The average Bonchev–Trinajstić information content (AvgIpc) is 2.29. The second-order valence-corrected chi connectivity index (χ2v) is 5.17. The number of nitrogens with zero attached hydrogens (tertiary/aromatic N) is 1. The minimum absolute atomic E-state index is 0.457. The van der Waals surface area contributed by atoms with Crippen molar-refractivity contribution in [2.75, 3.05) is 40.9 Å². The van der Waals surface area contributed by atoms with Gasteiger partial charge in [-0.15, -0.1) is 0 Å². The minimum Gasteiger partial charge on any atom is -0.383 e. The molecule has 1 saturated carbocycles. The van der Waals surface area contributed by atoms with Gasteiger partial charge >= 0.3 is 0 Å². The monoisotopic (exact) mass is 228 g/mol. The summed E-state index contributed by atoms with van der Waals surface area (Å²) in [5.41, 5.74) is 0. The van der Waals surface area contributed by atoms with Crippen LogP contribution in [0.1, 0.15) is 32.1 Å². The third-order valence-electron chi connectivity index (χ3n) is 3.60. The highest BCUT2D eigenvalue weighted by atomic mass is 16.5. The van der Waals surface area contributed by atoms with Crippen LogP contribution in [0.4, 0.5) is 0 Å². The quantitative estimate of drug-likeness (QED) is 0.718. The van der Waals surface area contributed by atoms with Crippen LogP contribution >= 0.6 is 0 Å². The molecule has 0 saturated heterocycles. The maximum absolute atomic E-state index is 5.20. The highest BCUT2D eigenvalue weighted by molar-refractivity contribution is 4.73. The topological polar surface area (TPSA) is 24.5 Å². The SMILES string of the molecule is CNC(COC)CN(C)CC1CCCCC1. The first-order chi connectivity index (χ1) is 7.76. The fourth-order valence-corrected chi connectivity index (χ4v) is 2.69. The largest absolute Gasteiger partial charge is 0.383 e. The number of ether oxygens (including phenoxy) is 1. The van der Waals surface area contributed by atoms with E-state index in [1.54, 1.807) is 7.11 Å². The molecule has 1 atom stereocenters. The van der Waals surface area contributed by atoms with Gasteiger partial charge in [0.2, 0.25) is 0 Å². The van der Waals surface area contributed by atoms with Crippen molar-refractivity contribution in [1.29, 1.82) is 0 Å². The molecule has 1 rings (SSSR count). The summed E-state index contributed by atoms with van der Waals surface area (Å²) in [6.07, 6.45) is 7.18. The first-order valence-electron chi connectivity index (χ1n) is 6.61. The predicted molar refractivity (Wildman–Crippen MR) is 68.8 cm³/mol. The fraction of sp³-hybridized carbons (Fsp3) is 1.00. The van der Waals surface area contributed by atoms with Gasteiger partial charge in [0, 0.05) is 26.2 Å². The van der Waals surface area contributed by atoms with Crippen molar-refractivity contribution in [3.63, 3.8) is 0 Å². The van der Waals surface area contributed by atoms with E-state index in [1.165, 1.54) is 38.6 Å². The van der Waals surface area contributed by atoms with Crippen molar-refractivity contribution < 1.29 is 4.74 Å². The van der Waals surface area contributed by atoms with E-state index in [1.807, 2.05) is 7.05 Å². The number of hydrogen-bond donors (Lipinski definition) is 1. The van der Waals surface area contributed by atoms with Gasteiger partial charge < -0.3 is 15.0 Å². The average molecular weight is 228 g/mol. The van der Waals surface area contributed by atoms with Crippen LogP contribution in [0, 0.1) is 5.92 Å². The Morgan fingerprint density at radius 2 is 2.00 bits per heavy atom. The molecule has 0 heterocycles. The van der Waals surface area contributed by atoms with E-state index >= 15 is 0 Å². The number of methoxy groups -OCH3 is 1. The van der Waals surface area contributed by atoms with Gasteiger partial charge in [-0.05, 0) is 32.9 Å². The molecule has 0 aromatic rings. The van der Waals surface area contributed by atoms with Gasteiger partial charge in [0.25, 0.3) is 0 Å². The normalized spacial score (nSPS) is 20.2.